The van der Waals surface area contributed by atoms with Gasteiger partial charge in [-0.25, -0.2) is 4.98 Å². The van der Waals surface area contributed by atoms with Crippen LogP contribution in [-0.4, -0.2) is 35.6 Å². The van der Waals surface area contributed by atoms with Crippen molar-refractivity contribution in [2.75, 3.05) is 19.6 Å². The smallest absolute Gasteiger partial charge is 0.107 e. The first-order valence-corrected chi connectivity index (χ1v) is 9.21. The summed E-state index contributed by atoms with van der Waals surface area (Å²) in [5.74, 6) is 0.828. The fourth-order valence-corrected chi connectivity index (χ4v) is 4.09. The lowest BCUT2D eigenvalue weighted by molar-refractivity contribution is 0.312. The first-order valence-electron chi connectivity index (χ1n) is 8.33. The van der Waals surface area contributed by atoms with Crippen molar-refractivity contribution in [1.82, 2.24) is 15.2 Å². The van der Waals surface area contributed by atoms with Crippen molar-refractivity contribution >= 4 is 11.3 Å². The van der Waals surface area contributed by atoms with Crippen LogP contribution in [0.15, 0.2) is 35.7 Å². The molecule has 0 spiro atoms. The van der Waals surface area contributed by atoms with Crippen molar-refractivity contribution in [2.24, 2.45) is 5.92 Å². The maximum Gasteiger partial charge on any atom is 0.107 e. The number of nitrogens with one attached hydrogen (secondary N) is 1. The molecule has 1 saturated carbocycles. The molecule has 0 radical (unpaired) electrons. The highest BCUT2D eigenvalue weighted by molar-refractivity contribution is 7.09. The van der Waals surface area contributed by atoms with E-state index in [1.807, 2.05) is 6.07 Å². The highest BCUT2D eigenvalue weighted by Gasteiger charge is 2.33. The van der Waals surface area contributed by atoms with E-state index in [-0.39, 0.29) is 0 Å². The summed E-state index contributed by atoms with van der Waals surface area (Å²) in [6, 6.07) is 11.4. The summed E-state index contributed by atoms with van der Waals surface area (Å²) < 4.78 is 0. The molecule has 1 atom stereocenters. The zero-order valence-corrected chi connectivity index (χ0v) is 13.7. The van der Waals surface area contributed by atoms with Gasteiger partial charge in [-0.1, -0.05) is 30.3 Å². The van der Waals surface area contributed by atoms with Gasteiger partial charge in [0.15, 0.2) is 0 Å². The number of nitrogens with zero attached hydrogens (tertiary/aromatic N) is 2. The molecule has 2 aromatic rings. The van der Waals surface area contributed by atoms with Crippen LogP contribution in [0, 0.1) is 5.92 Å². The summed E-state index contributed by atoms with van der Waals surface area (Å²) in [6.07, 6.45) is 4.22. The zero-order valence-electron chi connectivity index (χ0n) is 12.9. The van der Waals surface area contributed by atoms with Gasteiger partial charge in [-0.15, -0.1) is 11.3 Å². The molecule has 0 bridgehead atoms. The highest BCUT2D eigenvalue weighted by Crippen LogP contribution is 2.31. The Morgan fingerprint density at radius 2 is 2.05 bits per heavy atom. The molecule has 1 saturated heterocycles. The molecule has 4 rings (SSSR count). The summed E-state index contributed by atoms with van der Waals surface area (Å²) in [4.78, 5) is 7.43. The second-order valence-corrected chi connectivity index (χ2v) is 7.45. The molecule has 2 aliphatic rings. The average Bonchev–Trinajstić information content (AvgIpc) is 3.11. The highest BCUT2D eigenvalue weighted by atomic mass is 32.1. The van der Waals surface area contributed by atoms with Gasteiger partial charge in [-0.05, 0) is 38.3 Å². The van der Waals surface area contributed by atoms with Crippen molar-refractivity contribution in [3.63, 3.8) is 0 Å². The first kappa shape index (κ1) is 14.4. The molecule has 3 nitrogen and oxygen atoms in total. The summed E-state index contributed by atoms with van der Waals surface area (Å²) in [5.41, 5.74) is 2.31. The van der Waals surface area contributed by atoms with Crippen LogP contribution in [0.5, 0.6) is 0 Å². The molecule has 1 aromatic heterocycles. The lowest BCUT2D eigenvalue weighted by atomic mass is 10.1. The minimum Gasteiger partial charge on any atom is -0.310 e. The van der Waals surface area contributed by atoms with Crippen molar-refractivity contribution in [3.8, 4) is 11.3 Å². The second-order valence-electron chi connectivity index (χ2n) is 6.50. The van der Waals surface area contributed by atoms with Crippen LogP contribution in [0.3, 0.4) is 0 Å². The third-order valence-corrected chi connectivity index (χ3v) is 5.56. The quantitative estimate of drug-likeness (QED) is 0.886. The largest absolute Gasteiger partial charge is 0.310 e. The number of hydrogen-bond acceptors (Lipinski definition) is 4. The fourth-order valence-electron chi connectivity index (χ4n) is 3.32. The number of thiazole rings is 1. The molecule has 22 heavy (non-hydrogen) atoms. The Morgan fingerprint density at radius 3 is 2.86 bits per heavy atom. The van der Waals surface area contributed by atoms with E-state index in [0.29, 0.717) is 0 Å². The third-order valence-electron chi connectivity index (χ3n) is 4.71. The van der Waals surface area contributed by atoms with Gasteiger partial charge in [-0.3, -0.25) is 0 Å². The van der Waals surface area contributed by atoms with Gasteiger partial charge >= 0.3 is 0 Å². The lowest BCUT2D eigenvalue weighted by Crippen LogP contribution is -2.27. The van der Waals surface area contributed by atoms with Crippen LogP contribution >= 0.6 is 11.3 Å². The van der Waals surface area contributed by atoms with E-state index in [1.165, 1.54) is 42.9 Å². The molecule has 1 N–H and O–H groups in total. The summed E-state index contributed by atoms with van der Waals surface area (Å²) in [6.45, 7) is 4.64. The molecule has 2 heterocycles. The molecule has 2 fully saturated rings. The van der Waals surface area contributed by atoms with Gasteiger partial charge in [0, 0.05) is 30.1 Å². The minimum atomic E-state index is 0.828. The second kappa shape index (κ2) is 6.49. The van der Waals surface area contributed by atoms with Crippen molar-refractivity contribution in [2.45, 2.75) is 31.8 Å². The number of benzene rings is 1. The molecule has 4 heteroatoms. The molecule has 1 unspecified atom stereocenters. The Bertz CT molecular complexity index is 606. The normalized spacial score (nSPS) is 22.3. The van der Waals surface area contributed by atoms with E-state index in [4.69, 9.17) is 4.98 Å². The van der Waals surface area contributed by atoms with Crippen LogP contribution in [0.2, 0.25) is 0 Å². The summed E-state index contributed by atoms with van der Waals surface area (Å²) in [5, 5.41) is 6.96. The van der Waals surface area contributed by atoms with Gasteiger partial charge in [0.2, 0.25) is 0 Å². The number of aromatic nitrogens is 1. The van der Waals surface area contributed by atoms with Crippen molar-refractivity contribution in [1.29, 1.82) is 0 Å². The molecular weight excluding hydrogens is 290 g/mol. The van der Waals surface area contributed by atoms with E-state index < -0.39 is 0 Å². The minimum absolute atomic E-state index is 0.828. The van der Waals surface area contributed by atoms with E-state index in [9.17, 15) is 0 Å². The Morgan fingerprint density at radius 1 is 1.18 bits per heavy atom. The van der Waals surface area contributed by atoms with Gasteiger partial charge in [0.25, 0.3) is 0 Å². The SMILES string of the molecule is c1ccc(-c2csc(CNCC3CCN(C4CC4)C3)n2)cc1. The van der Waals surface area contributed by atoms with Crippen LogP contribution in [0.1, 0.15) is 24.3 Å². The first-order chi connectivity index (χ1) is 10.9. The van der Waals surface area contributed by atoms with Gasteiger partial charge in [0.05, 0.1) is 5.69 Å². The van der Waals surface area contributed by atoms with Gasteiger partial charge in [0.1, 0.15) is 5.01 Å². The van der Waals surface area contributed by atoms with Crippen molar-refractivity contribution < 1.29 is 0 Å². The Kier molecular flexibility index (Phi) is 4.24. The van der Waals surface area contributed by atoms with Crippen LogP contribution in [0.25, 0.3) is 11.3 Å². The van der Waals surface area contributed by atoms with Gasteiger partial charge in [-0.2, -0.15) is 0 Å². The average molecular weight is 313 g/mol. The van der Waals surface area contributed by atoms with Crippen molar-refractivity contribution in [3.05, 3.63) is 40.7 Å². The topological polar surface area (TPSA) is 28.2 Å². The number of hydrogen-bond donors (Lipinski definition) is 1. The standard InChI is InChI=1S/C18H23N3S/c1-2-4-15(5-3-1)17-13-22-18(20-17)11-19-10-14-8-9-21(12-14)16-6-7-16/h1-5,13-14,16,19H,6-12H2. The predicted molar refractivity (Wildman–Crippen MR) is 92.0 cm³/mol. The summed E-state index contributed by atoms with van der Waals surface area (Å²) >= 11 is 1.76. The molecule has 1 aliphatic heterocycles. The van der Waals surface area contributed by atoms with E-state index in [0.717, 1.165) is 30.7 Å². The maximum absolute atomic E-state index is 4.74. The Labute approximate surface area is 136 Å². The molecule has 116 valence electrons. The van der Waals surface area contributed by atoms with E-state index >= 15 is 0 Å². The monoisotopic (exact) mass is 313 g/mol. The van der Waals surface area contributed by atoms with E-state index in [1.54, 1.807) is 11.3 Å². The molecule has 1 aliphatic carbocycles. The van der Waals surface area contributed by atoms with Gasteiger partial charge < -0.3 is 10.2 Å². The van der Waals surface area contributed by atoms with E-state index in [2.05, 4.69) is 39.9 Å². The molecular formula is C18H23N3S. The zero-order chi connectivity index (χ0) is 14.8. The van der Waals surface area contributed by atoms with Crippen LogP contribution in [0.4, 0.5) is 0 Å². The van der Waals surface area contributed by atoms with Crippen LogP contribution in [-0.2, 0) is 6.54 Å². The Balaban J connectivity index is 1.25. The predicted octanol–water partition coefficient (Wildman–Crippen LogP) is 3.38. The molecule has 0 amide bonds. The Hall–Kier alpha value is -1.23. The molecule has 1 aromatic carbocycles. The third kappa shape index (κ3) is 3.40. The number of likely N-dealkylation sites (tertiary alicyclic amines) is 1. The lowest BCUT2D eigenvalue weighted by Gasteiger charge is -2.14. The maximum atomic E-state index is 4.74. The van der Waals surface area contributed by atoms with Crippen LogP contribution < -0.4 is 5.32 Å². The number of rotatable bonds is 6. The fraction of sp³-hybridized carbons (Fsp3) is 0.500. The summed E-state index contributed by atoms with van der Waals surface area (Å²) in [7, 11) is 0.